The maximum Gasteiger partial charge on any atom is 0.317 e. The van der Waals surface area contributed by atoms with E-state index in [-0.39, 0.29) is 6.03 Å². The SMILES string of the molecule is CSC(C)CCNC(=O)N1CCCC(C)(C(=O)O)C1. The van der Waals surface area contributed by atoms with Crippen LogP contribution in [0.5, 0.6) is 0 Å². The van der Waals surface area contributed by atoms with Crippen molar-refractivity contribution < 1.29 is 14.7 Å². The lowest BCUT2D eigenvalue weighted by Crippen LogP contribution is -2.51. The van der Waals surface area contributed by atoms with Gasteiger partial charge in [0, 0.05) is 24.9 Å². The van der Waals surface area contributed by atoms with Gasteiger partial charge in [0.1, 0.15) is 0 Å². The molecule has 1 fully saturated rings. The fraction of sp³-hybridized carbons (Fsp3) is 0.846. The van der Waals surface area contributed by atoms with Gasteiger partial charge in [0.15, 0.2) is 0 Å². The number of aliphatic carboxylic acids is 1. The molecule has 1 heterocycles. The van der Waals surface area contributed by atoms with Crippen LogP contribution in [-0.4, -0.2) is 53.1 Å². The highest BCUT2D eigenvalue weighted by Crippen LogP contribution is 2.29. The summed E-state index contributed by atoms with van der Waals surface area (Å²) in [6.45, 7) is 5.42. The van der Waals surface area contributed by atoms with E-state index in [9.17, 15) is 14.7 Å². The van der Waals surface area contributed by atoms with E-state index in [0.717, 1.165) is 12.8 Å². The van der Waals surface area contributed by atoms with Gasteiger partial charge in [-0.3, -0.25) is 4.79 Å². The molecule has 0 bridgehead atoms. The molecule has 5 nitrogen and oxygen atoms in total. The van der Waals surface area contributed by atoms with Crippen LogP contribution in [0.25, 0.3) is 0 Å². The fourth-order valence-corrected chi connectivity index (χ4v) is 2.55. The number of likely N-dealkylation sites (tertiary alicyclic amines) is 1. The number of amides is 2. The largest absolute Gasteiger partial charge is 0.481 e. The van der Waals surface area contributed by atoms with Crippen LogP contribution in [0.15, 0.2) is 0 Å². The van der Waals surface area contributed by atoms with Crippen LogP contribution in [0, 0.1) is 5.41 Å². The number of carbonyl (C=O) groups excluding carboxylic acids is 1. The van der Waals surface area contributed by atoms with Crippen LogP contribution < -0.4 is 5.32 Å². The lowest BCUT2D eigenvalue weighted by molar-refractivity contribution is -0.150. The quantitative estimate of drug-likeness (QED) is 0.812. The maximum absolute atomic E-state index is 12.0. The van der Waals surface area contributed by atoms with Gasteiger partial charge in [-0.1, -0.05) is 6.92 Å². The zero-order valence-corrected chi connectivity index (χ0v) is 12.8. The van der Waals surface area contributed by atoms with E-state index in [0.29, 0.717) is 31.3 Å². The monoisotopic (exact) mass is 288 g/mol. The summed E-state index contributed by atoms with van der Waals surface area (Å²) in [5, 5.41) is 12.6. The third kappa shape index (κ3) is 4.60. The minimum Gasteiger partial charge on any atom is -0.481 e. The number of nitrogens with one attached hydrogen (secondary N) is 1. The van der Waals surface area contributed by atoms with Crippen molar-refractivity contribution in [3.63, 3.8) is 0 Å². The summed E-state index contributed by atoms with van der Waals surface area (Å²) in [6.07, 6.45) is 4.36. The van der Waals surface area contributed by atoms with Gasteiger partial charge in [0.05, 0.1) is 5.41 Å². The number of carboxylic acids is 1. The minimum absolute atomic E-state index is 0.138. The van der Waals surface area contributed by atoms with E-state index in [1.807, 2.05) is 0 Å². The standard InChI is InChI=1S/C13H24N2O3S/c1-10(19-3)5-7-14-12(18)15-8-4-6-13(2,9-15)11(16)17/h10H,4-9H2,1-3H3,(H,14,18)(H,16,17). The Kier molecular flexibility index (Phi) is 5.97. The predicted octanol–water partition coefficient (Wildman–Crippen LogP) is 2.02. The van der Waals surface area contributed by atoms with Gasteiger partial charge in [-0.15, -0.1) is 0 Å². The Balaban J connectivity index is 2.42. The number of hydrogen-bond acceptors (Lipinski definition) is 3. The topological polar surface area (TPSA) is 69.6 Å². The third-order valence-electron chi connectivity index (χ3n) is 3.73. The number of thioether (sulfide) groups is 1. The van der Waals surface area contributed by atoms with E-state index in [4.69, 9.17) is 0 Å². The van der Waals surface area contributed by atoms with Crippen molar-refractivity contribution in [1.29, 1.82) is 0 Å². The van der Waals surface area contributed by atoms with Crippen LogP contribution in [0.2, 0.25) is 0 Å². The smallest absolute Gasteiger partial charge is 0.317 e. The molecule has 0 aromatic heterocycles. The Morgan fingerprint density at radius 3 is 2.79 bits per heavy atom. The van der Waals surface area contributed by atoms with E-state index in [1.165, 1.54) is 0 Å². The lowest BCUT2D eigenvalue weighted by Gasteiger charge is -2.37. The van der Waals surface area contributed by atoms with Crippen LogP contribution in [0.1, 0.15) is 33.1 Å². The molecule has 0 radical (unpaired) electrons. The molecule has 1 aliphatic heterocycles. The summed E-state index contributed by atoms with van der Waals surface area (Å²) in [7, 11) is 0. The van der Waals surface area contributed by atoms with Crippen molar-refractivity contribution in [3.8, 4) is 0 Å². The molecule has 1 aliphatic rings. The average Bonchev–Trinajstić information content (AvgIpc) is 2.38. The molecule has 2 amide bonds. The second kappa shape index (κ2) is 7.03. The van der Waals surface area contributed by atoms with Crippen LogP contribution in [0.3, 0.4) is 0 Å². The van der Waals surface area contributed by atoms with E-state index in [1.54, 1.807) is 23.6 Å². The van der Waals surface area contributed by atoms with Crippen molar-refractivity contribution in [2.75, 3.05) is 25.9 Å². The van der Waals surface area contributed by atoms with E-state index < -0.39 is 11.4 Å². The highest BCUT2D eigenvalue weighted by molar-refractivity contribution is 7.99. The number of hydrogen-bond donors (Lipinski definition) is 2. The summed E-state index contributed by atoms with van der Waals surface area (Å²) >= 11 is 1.77. The molecule has 19 heavy (non-hydrogen) atoms. The van der Waals surface area contributed by atoms with Gasteiger partial charge in [-0.05, 0) is 32.4 Å². The molecule has 0 aromatic carbocycles. The zero-order valence-electron chi connectivity index (χ0n) is 11.9. The number of carboxylic acid groups (broad SMARTS) is 1. The highest BCUT2D eigenvalue weighted by atomic mass is 32.2. The van der Waals surface area contributed by atoms with Crippen molar-refractivity contribution in [2.45, 2.75) is 38.4 Å². The molecule has 2 N–H and O–H groups in total. The first-order valence-corrected chi connectivity index (χ1v) is 7.97. The molecular formula is C13H24N2O3S. The third-order valence-corrected chi connectivity index (χ3v) is 4.77. The molecule has 0 spiro atoms. The first kappa shape index (κ1) is 16.1. The van der Waals surface area contributed by atoms with Crippen molar-refractivity contribution >= 4 is 23.8 Å². The molecule has 6 heteroatoms. The molecule has 0 aromatic rings. The Labute approximate surface area is 119 Å². The molecule has 1 rings (SSSR count). The van der Waals surface area contributed by atoms with Crippen LogP contribution in [0.4, 0.5) is 4.79 Å². The van der Waals surface area contributed by atoms with Gasteiger partial charge >= 0.3 is 12.0 Å². The fourth-order valence-electron chi connectivity index (χ4n) is 2.20. The Morgan fingerprint density at radius 2 is 2.21 bits per heavy atom. The number of carbonyl (C=O) groups is 2. The van der Waals surface area contributed by atoms with Gasteiger partial charge in [-0.25, -0.2) is 4.79 Å². The predicted molar refractivity (Wildman–Crippen MR) is 77.5 cm³/mol. The van der Waals surface area contributed by atoms with Gasteiger partial charge < -0.3 is 15.3 Å². The number of nitrogens with zero attached hydrogens (tertiary/aromatic N) is 1. The number of urea groups is 1. The first-order chi connectivity index (χ1) is 8.89. The summed E-state index contributed by atoms with van der Waals surface area (Å²) in [4.78, 5) is 24.8. The van der Waals surface area contributed by atoms with Crippen molar-refractivity contribution in [3.05, 3.63) is 0 Å². The van der Waals surface area contributed by atoms with Crippen molar-refractivity contribution in [1.82, 2.24) is 10.2 Å². The molecule has 1 saturated heterocycles. The second-order valence-corrected chi connectivity index (χ2v) is 6.73. The molecular weight excluding hydrogens is 264 g/mol. The summed E-state index contributed by atoms with van der Waals surface area (Å²) in [5.41, 5.74) is -0.803. The summed E-state index contributed by atoms with van der Waals surface area (Å²) in [5.74, 6) is -0.819. The zero-order chi connectivity index (χ0) is 14.5. The minimum atomic E-state index is -0.819. The average molecular weight is 288 g/mol. The molecule has 2 atom stereocenters. The van der Waals surface area contributed by atoms with Crippen LogP contribution >= 0.6 is 11.8 Å². The van der Waals surface area contributed by atoms with Gasteiger partial charge in [-0.2, -0.15) is 11.8 Å². The van der Waals surface area contributed by atoms with E-state index in [2.05, 4.69) is 18.5 Å². The highest BCUT2D eigenvalue weighted by Gasteiger charge is 2.39. The molecule has 110 valence electrons. The Hall–Kier alpha value is -0.910. The molecule has 0 aliphatic carbocycles. The van der Waals surface area contributed by atoms with E-state index >= 15 is 0 Å². The molecule has 0 saturated carbocycles. The normalized spacial score (nSPS) is 24.9. The van der Waals surface area contributed by atoms with Crippen molar-refractivity contribution in [2.24, 2.45) is 5.41 Å². The van der Waals surface area contributed by atoms with Crippen LogP contribution in [-0.2, 0) is 4.79 Å². The molecule has 2 unspecified atom stereocenters. The van der Waals surface area contributed by atoms with Gasteiger partial charge in [0.25, 0.3) is 0 Å². The Morgan fingerprint density at radius 1 is 1.53 bits per heavy atom. The maximum atomic E-state index is 12.0. The lowest BCUT2D eigenvalue weighted by atomic mass is 9.82. The number of rotatable bonds is 5. The van der Waals surface area contributed by atoms with Gasteiger partial charge in [0.2, 0.25) is 0 Å². The summed E-state index contributed by atoms with van der Waals surface area (Å²) in [6, 6.07) is -0.138. The summed E-state index contributed by atoms with van der Waals surface area (Å²) < 4.78 is 0. The Bertz CT molecular complexity index is 338. The first-order valence-electron chi connectivity index (χ1n) is 6.68. The number of piperidine rings is 1. The second-order valence-electron chi connectivity index (χ2n) is 5.46.